The van der Waals surface area contributed by atoms with Crippen LogP contribution in [-0.4, -0.2) is 29.9 Å². The molecule has 2 aromatic rings. The van der Waals surface area contributed by atoms with E-state index in [1.54, 1.807) is 0 Å². The topological polar surface area (TPSA) is 46.3 Å². The highest BCUT2D eigenvalue weighted by molar-refractivity contribution is 5.82. The fourth-order valence-electron chi connectivity index (χ4n) is 3.34. The smallest absolute Gasteiger partial charge is 0.239 e. The molecule has 2 N–H and O–H groups in total. The lowest BCUT2D eigenvalue weighted by Gasteiger charge is -2.21. The molecule has 2 aromatic carbocycles. The average Bonchev–Trinajstić information content (AvgIpc) is 3.05. The predicted octanol–water partition coefficient (Wildman–Crippen LogP) is 2.79. The van der Waals surface area contributed by atoms with E-state index in [0.717, 1.165) is 37.1 Å². The van der Waals surface area contributed by atoms with E-state index >= 15 is 0 Å². The minimum Gasteiger partial charge on any atom is -0.341 e. The summed E-state index contributed by atoms with van der Waals surface area (Å²) in [6, 6.07) is 16.0. The van der Waals surface area contributed by atoms with Crippen molar-refractivity contribution in [1.82, 2.24) is 4.90 Å². The first-order valence-corrected chi connectivity index (χ1v) is 8.44. The molecule has 0 aromatic heterocycles. The number of hydrogen-bond donors (Lipinski definition) is 1. The third-order valence-electron chi connectivity index (χ3n) is 4.65. The Morgan fingerprint density at radius 1 is 1.12 bits per heavy atom. The van der Waals surface area contributed by atoms with Gasteiger partial charge < -0.3 is 10.6 Å². The Kier molecular flexibility index (Phi) is 5.26. The summed E-state index contributed by atoms with van der Waals surface area (Å²) in [6.45, 7) is 1.49. The zero-order valence-electron chi connectivity index (χ0n) is 13.7. The second-order valence-corrected chi connectivity index (χ2v) is 6.57. The van der Waals surface area contributed by atoms with Crippen LogP contribution >= 0.6 is 0 Å². The van der Waals surface area contributed by atoms with Crippen molar-refractivity contribution in [2.24, 2.45) is 11.7 Å². The Morgan fingerprint density at radius 3 is 2.54 bits per heavy atom. The van der Waals surface area contributed by atoms with Gasteiger partial charge >= 0.3 is 0 Å². The van der Waals surface area contributed by atoms with Gasteiger partial charge in [0.25, 0.3) is 0 Å². The van der Waals surface area contributed by atoms with Crippen molar-refractivity contribution in [3.05, 3.63) is 71.5 Å². The first-order chi connectivity index (χ1) is 11.6. The fourth-order valence-corrected chi connectivity index (χ4v) is 3.34. The summed E-state index contributed by atoms with van der Waals surface area (Å²) in [4.78, 5) is 14.4. The lowest BCUT2D eigenvalue weighted by atomic mass is 9.99. The van der Waals surface area contributed by atoms with Gasteiger partial charge in [-0.05, 0) is 48.4 Å². The van der Waals surface area contributed by atoms with Crippen LogP contribution in [0, 0.1) is 11.7 Å². The number of hydrogen-bond acceptors (Lipinski definition) is 2. The molecule has 1 fully saturated rings. The monoisotopic (exact) mass is 326 g/mol. The van der Waals surface area contributed by atoms with Crippen LogP contribution < -0.4 is 5.73 Å². The number of nitrogens with two attached hydrogens (primary N) is 1. The number of likely N-dealkylation sites (tertiary alicyclic amines) is 1. The van der Waals surface area contributed by atoms with E-state index in [4.69, 9.17) is 5.73 Å². The Morgan fingerprint density at radius 2 is 1.83 bits per heavy atom. The lowest BCUT2D eigenvalue weighted by Crippen LogP contribution is -2.44. The van der Waals surface area contributed by atoms with E-state index in [1.165, 1.54) is 12.1 Å². The van der Waals surface area contributed by atoms with E-state index in [1.807, 2.05) is 47.4 Å². The summed E-state index contributed by atoms with van der Waals surface area (Å²) < 4.78 is 13.0. The zero-order valence-corrected chi connectivity index (χ0v) is 13.7. The summed E-state index contributed by atoms with van der Waals surface area (Å²) in [6.07, 6.45) is 2.41. The van der Waals surface area contributed by atoms with Crippen LogP contribution in [0.5, 0.6) is 0 Å². The van der Waals surface area contributed by atoms with Gasteiger partial charge in [0.15, 0.2) is 0 Å². The van der Waals surface area contributed by atoms with Gasteiger partial charge in [-0.3, -0.25) is 4.79 Å². The summed E-state index contributed by atoms with van der Waals surface area (Å²) in [5, 5.41) is 0. The zero-order chi connectivity index (χ0) is 16.9. The molecule has 1 amide bonds. The maximum absolute atomic E-state index is 13.0. The van der Waals surface area contributed by atoms with E-state index in [-0.39, 0.29) is 11.7 Å². The highest BCUT2D eigenvalue weighted by atomic mass is 19.1. The maximum atomic E-state index is 13.0. The Bertz CT molecular complexity index is 672. The molecule has 1 aliphatic heterocycles. The molecular formula is C20H23FN2O. The number of amides is 1. The van der Waals surface area contributed by atoms with Crippen molar-refractivity contribution < 1.29 is 9.18 Å². The summed E-state index contributed by atoms with van der Waals surface area (Å²) >= 11 is 0. The normalized spacial score (nSPS) is 18.6. The number of carbonyl (C=O) groups is 1. The molecule has 1 heterocycles. The third-order valence-corrected chi connectivity index (χ3v) is 4.65. The van der Waals surface area contributed by atoms with E-state index in [0.29, 0.717) is 12.3 Å². The van der Waals surface area contributed by atoms with Gasteiger partial charge in [0, 0.05) is 13.1 Å². The van der Waals surface area contributed by atoms with Crippen molar-refractivity contribution in [3.8, 4) is 0 Å². The molecule has 2 atom stereocenters. The Labute approximate surface area is 142 Å². The number of nitrogens with zero attached hydrogens (tertiary/aromatic N) is 1. The number of carbonyl (C=O) groups excluding carboxylic acids is 1. The molecule has 4 heteroatoms. The van der Waals surface area contributed by atoms with Crippen molar-refractivity contribution in [1.29, 1.82) is 0 Å². The molecule has 0 spiro atoms. The average molecular weight is 326 g/mol. The Balaban J connectivity index is 1.52. The molecule has 0 saturated carbocycles. The highest BCUT2D eigenvalue weighted by Gasteiger charge is 2.29. The molecule has 0 bridgehead atoms. The Hall–Kier alpha value is -2.20. The lowest BCUT2D eigenvalue weighted by molar-refractivity contribution is -0.131. The minimum absolute atomic E-state index is 0.0282. The van der Waals surface area contributed by atoms with Gasteiger partial charge in [-0.25, -0.2) is 4.39 Å². The summed E-state index contributed by atoms with van der Waals surface area (Å²) in [7, 11) is 0. The highest BCUT2D eigenvalue weighted by Crippen LogP contribution is 2.22. The standard InChI is InChI=1S/C20H23FN2O/c21-18-8-6-16(7-9-18)12-17-10-11-23(14-17)20(24)19(22)13-15-4-2-1-3-5-15/h1-9,17,19H,10-14,22H2/t17?,19-/m0/s1. The molecule has 1 saturated heterocycles. The fraction of sp³-hybridized carbons (Fsp3) is 0.350. The van der Waals surface area contributed by atoms with Crippen LogP contribution in [0.15, 0.2) is 54.6 Å². The largest absolute Gasteiger partial charge is 0.341 e. The maximum Gasteiger partial charge on any atom is 0.239 e. The molecule has 3 nitrogen and oxygen atoms in total. The van der Waals surface area contributed by atoms with Gasteiger partial charge in [-0.15, -0.1) is 0 Å². The van der Waals surface area contributed by atoms with Gasteiger partial charge in [-0.2, -0.15) is 0 Å². The van der Waals surface area contributed by atoms with Crippen LogP contribution in [0.4, 0.5) is 4.39 Å². The molecule has 0 aliphatic carbocycles. The number of benzene rings is 2. The summed E-state index contributed by atoms with van der Waals surface area (Å²) in [5.41, 5.74) is 8.31. The van der Waals surface area contributed by atoms with Crippen molar-refractivity contribution in [2.45, 2.75) is 25.3 Å². The second kappa shape index (κ2) is 7.58. The van der Waals surface area contributed by atoms with E-state index < -0.39 is 6.04 Å². The first-order valence-electron chi connectivity index (χ1n) is 8.44. The second-order valence-electron chi connectivity index (χ2n) is 6.57. The predicted molar refractivity (Wildman–Crippen MR) is 92.9 cm³/mol. The number of rotatable bonds is 5. The first kappa shape index (κ1) is 16.7. The summed E-state index contributed by atoms with van der Waals surface area (Å²) in [5.74, 6) is 0.234. The van der Waals surface area contributed by atoms with Crippen LogP contribution in [0.25, 0.3) is 0 Å². The molecule has 3 rings (SSSR count). The molecule has 1 unspecified atom stereocenters. The van der Waals surface area contributed by atoms with Crippen LogP contribution in [0.3, 0.4) is 0 Å². The van der Waals surface area contributed by atoms with Crippen LogP contribution in [0.1, 0.15) is 17.5 Å². The molecule has 1 aliphatic rings. The molecule has 126 valence electrons. The van der Waals surface area contributed by atoms with E-state index in [9.17, 15) is 9.18 Å². The van der Waals surface area contributed by atoms with Crippen LogP contribution in [0.2, 0.25) is 0 Å². The molecule has 24 heavy (non-hydrogen) atoms. The van der Waals surface area contributed by atoms with Crippen LogP contribution in [-0.2, 0) is 17.6 Å². The van der Waals surface area contributed by atoms with E-state index in [2.05, 4.69) is 0 Å². The molecule has 0 radical (unpaired) electrons. The molecular weight excluding hydrogens is 303 g/mol. The van der Waals surface area contributed by atoms with Crippen molar-refractivity contribution >= 4 is 5.91 Å². The van der Waals surface area contributed by atoms with Gasteiger partial charge in [-0.1, -0.05) is 42.5 Å². The quantitative estimate of drug-likeness (QED) is 0.918. The van der Waals surface area contributed by atoms with Crippen molar-refractivity contribution in [3.63, 3.8) is 0 Å². The number of halogens is 1. The minimum atomic E-state index is -0.489. The SMILES string of the molecule is N[C@@H](Cc1ccccc1)C(=O)N1CCC(Cc2ccc(F)cc2)C1. The van der Waals surface area contributed by atoms with Crippen molar-refractivity contribution in [2.75, 3.05) is 13.1 Å². The van der Waals surface area contributed by atoms with Gasteiger partial charge in [0.2, 0.25) is 5.91 Å². The van der Waals surface area contributed by atoms with Gasteiger partial charge in [0.05, 0.1) is 6.04 Å². The van der Waals surface area contributed by atoms with Gasteiger partial charge in [0.1, 0.15) is 5.82 Å². The third kappa shape index (κ3) is 4.20.